The molecule has 2 fully saturated rings. The summed E-state index contributed by atoms with van der Waals surface area (Å²) >= 11 is 0. The van der Waals surface area contributed by atoms with Crippen molar-refractivity contribution in [1.29, 1.82) is 0 Å². The van der Waals surface area contributed by atoms with Crippen LogP contribution in [0.25, 0.3) is 0 Å². The van der Waals surface area contributed by atoms with Crippen LogP contribution in [0, 0.1) is 12.8 Å². The van der Waals surface area contributed by atoms with Gasteiger partial charge in [-0.2, -0.15) is 0 Å². The normalized spacial score (nSPS) is 22.6. The van der Waals surface area contributed by atoms with Gasteiger partial charge in [-0.25, -0.2) is 0 Å². The monoisotopic (exact) mass is 571 g/mol. The number of nitrogens with one attached hydrogen (secondary N) is 2. The number of hydrogen-bond acceptors (Lipinski definition) is 4. The average Bonchev–Trinajstić information content (AvgIpc) is 2.83. The molecule has 2 heterocycles. The summed E-state index contributed by atoms with van der Waals surface area (Å²) in [4.78, 5) is 10.1. The van der Waals surface area contributed by atoms with Crippen LogP contribution < -0.4 is 10.6 Å². The predicted octanol–water partition coefficient (Wildman–Crippen LogP) is 4.05. The van der Waals surface area contributed by atoms with Gasteiger partial charge in [0.25, 0.3) is 0 Å². The van der Waals surface area contributed by atoms with Gasteiger partial charge in [0.15, 0.2) is 5.96 Å². The lowest BCUT2D eigenvalue weighted by molar-refractivity contribution is -0.0250. The van der Waals surface area contributed by atoms with Crippen molar-refractivity contribution in [3.05, 3.63) is 35.4 Å². The first-order valence-electron chi connectivity index (χ1n) is 12.8. The molecular weight excluding hydrogens is 525 g/mol. The van der Waals surface area contributed by atoms with Crippen LogP contribution in [0.5, 0.6) is 0 Å². The highest BCUT2D eigenvalue weighted by atomic mass is 127. The van der Waals surface area contributed by atoms with E-state index in [2.05, 4.69) is 65.5 Å². The minimum Gasteiger partial charge on any atom is -0.373 e. The van der Waals surface area contributed by atoms with E-state index in [-0.39, 0.29) is 30.1 Å². The molecule has 0 amide bonds. The number of benzene rings is 1. The van der Waals surface area contributed by atoms with Gasteiger partial charge in [0, 0.05) is 58.3 Å². The highest BCUT2D eigenvalue weighted by Gasteiger charge is 2.27. The molecule has 1 aromatic carbocycles. The van der Waals surface area contributed by atoms with E-state index in [1.807, 2.05) is 0 Å². The number of unbranched alkanes of at least 4 members (excludes halogenated alkanes) is 1. The van der Waals surface area contributed by atoms with Crippen molar-refractivity contribution in [2.75, 3.05) is 65.5 Å². The summed E-state index contributed by atoms with van der Waals surface area (Å²) in [6, 6.07) is 8.80. The zero-order valence-corrected chi connectivity index (χ0v) is 23.4. The van der Waals surface area contributed by atoms with Gasteiger partial charge in [0.1, 0.15) is 0 Å². The maximum atomic E-state index is 6.18. The molecule has 0 aliphatic carbocycles. The van der Waals surface area contributed by atoms with E-state index in [0.29, 0.717) is 5.92 Å². The minimum atomic E-state index is 0. The number of hydrogen-bond donors (Lipinski definition) is 2. The molecule has 1 aromatic rings. The number of guanidine groups is 1. The molecule has 0 aromatic heterocycles. The Hall–Kier alpha value is -0.900. The number of aliphatic imine (C=N–C) groups is 1. The number of likely N-dealkylation sites (N-methyl/N-ethyl adjacent to an activating group) is 1. The Morgan fingerprint density at radius 3 is 2.45 bits per heavy atom. The van der Waals surface area contributed by atoms with Gasteiger partial charge in [0.05, 0.1) is 6.10 Å². The van der Waals surface area contributed by atoms with Crippen LogP contribution in [0.3, 0.4) is 0 Å². The molecule has 0 bridgehead atoms. The molecule has 0 saturated carbocycles. The second kappa shape index (κ2) is 15.9. The Kier molecular flexibility index (Phi) is 13.7. The maximum absolute atomic E-state index is 6.18. The molecule has 2 unspecified atom stereocenters. The van der Waals surface area contributed by atoms with E-state index < -0.39 is 0 Å². The van der Waals surface area contributed by atoms with Crippen LogP contribution in [0.1, 0.15) is 56.8 Å². The third-order valence-electron chi connectivity index (χ3n) is 6.78. The molecule has 0 radical (unpaired) electrons. The van der Waals surface area contributed by atoms with Gasteiger partial charge in [0.2, 0.25) is 0 Å². The standard InChI is InChI=1S/C26H45N5O.HI/c1-4-27-26(28-14-6-7-15-31-18-16-30(5-2)17-19-31)29-21-24-9-8-20-32-25(24)23-12-10-22(3)11-13-23;/h10-13,24-25H,4-9,14-21H2,1-3H3,(H2,27,28,29);1H. The molecule has 2 saturated heterocycles. The van der Waals surface area contributed by atoms with Crippen LogP contribution >= 0.6 is 24.0 Å². The summed E-state index contributed by atoms with van der Waals surface area (Å²) in [7, 11) is 0. The number of aryl methyl sites for hydroxylation is 1. The number of halogens is 1. The summed E-state index contributed by atoms with van der Waals surface area (Å²) in [5.74, 6) is 1.38. The highest BCUT2D eigenvalue weighted by molar-refractivity contribution is 14.0. The summed E-state index contributed by atoms with van der Waals surface area (Å²) in [5.41, 5.74) is 2.58. The summed E-state index contributed by atoms with van der Waals surface area (Å²) < 4.78 is 6.18. The van der Waals surface area contributed by atoms with Crippen molar-refractivity contribution in [2.45, 2.75) is 52.6 Å². The highest BCUT2D eigenvalue weighted by Crippen LogP contribution is 2.33. The zero-order chi connectivity index (χ0) is 22.6. The van der Waals surface area contributed by atoms with E-state index in [9.17, 15) is 0 Å². The van der Waals surface area contributed by atoms with Crippen LogP contribution in [0.2, 0.25) is 0 Å². The smallest absolute Gasteiger partial charge is 0.191 e. The Balaban J connectivity index is 0.00000385. The van der Waals surface area contributed by atoms with Crippen LogP contribution in [0.15, 0.2) is 29.3 Å². The van der Waals surface area contributed by atoms with Crippen molar-refractivity contribution < 1.29 is 4.74 Å². The van der Waals surface area contributed by atoms with E-state index in [1.165, 1.54) is 69.7 Å². The Labute approximate surface area is 218 Å². The van der Waals surface area contributed by atoms with E-state index in [1.54, 1.807) is 0 Å². The maximum Gasteiger partial charge on any atom is 0.191 e. The molecule has 7 heteroatoms. The third kappa shape index (κ3) is 9.70. The summed E-state index contributed by atoms with van der Waals surface area (Å²) in [5, 5.41) is 6.97. The van der Waals surface area contributed by atoms with Gasteiger partial charge in [-0.3, -0.25) is 4.99 Å². The average molecular weight is 572 g/mol. The van der Waals surface area contributed by atoms with Crippen LogP contribution in [-0.2, 0) is 4.74 Å². The van der Waals surface area contributed by atoms with Crippen molar-refractivity contribution in [3.63, 3.8) is 0 Å². The topological polar surface area (TPSA) is 52.1 Å². The van der Waals surface area contributed by atoms with Crippen molar-refractivity contribution in [3.8, 4) is 0 Å². The second-order valence-corrected chi connectivity index (χ2v) is 9.23. The second-order valence-electron chi connectivity index (χ2n) is 9.23. The fourth-order valence-corrected chi connectivity index (χ4v) is 4.70. The van der Waals surface area contributed by atoms with Crippen LogP contribution in [0.4, 0.5) is 0 Å². The molecule has 2 aliphatic rings. The lowest BCUT2D eigenvalue weighted by Gasteiger charge is -2.34. The van der Waals surface area contributed by atoms with Crippen molar-refractivity contribution >= 4 is 29.9 Å². The van der Waals surface area contributed by atoms with Crippen molar-refractivity contribution in [2.24, 2.45) is 10.9 Å². The molecule has 3 rings (SSSR count). The number of rotatable bonds is 10. The molecule has 33 heavy (non-hydrogen) atoms. The Morgan fingerprint density at radius 2 is 1.76 bits per heavy atom. The SMILES string of the molecule is CCNC(=NCC1CCCOC1c1ccc(C)cc1)NCCCCN1CCN(CC)CC1.I. The van der Waals surface area contributed by atoms with Gasteiger partial charge >= 0.3 is 0 Å². The van der Waals surface area contributed by atoms with Gasteiger partial charge < -0.3 is 25.2 Å². The van der Waals surface area contributed by atoms with E-state index >= 15 is 0 Å². The molecular formula is C26H46IN5O. The number of nitrogens with zero attached hydrogens (tertiary/aromatic N) is 3. The molecule has 188 valence electrons. The summed E-state index contributed by atoms with van der Waals surface area (Å²) in [6.45, 7) is 17.3. The first kappa shape index (κ1) is 28.3. The molecule has 2 atom stereocenters. The lowest BCUT2D eigenvalue weighted by atomic mass is 9.89. The summed E-state index contributed by atoms with van der Waals surface area (Å²) in [6.07, 6.45) is 4.87. The fourth-order valence-electron chi connectivity index (χ4n) is 4.70. The quantitative estimate of drug-likeness (QED) is 0.192. The molecule has 2 aliphatic heterocycles. The first-order valence-corrected chi connectivity index (χ1v) is 12.8. The predicted molar refractivity (Wildman–Crippen MR) is 150 cm³/mol. The van der Waals surface area contributed by atoms with Crippen LogP contribution in [-0.4, -0.2) is 81.3 Å². The Bertz CT molecular complexity index is 676. The first-order chi connectivity index (χ1) is 15.7. The molecule has 2 N–H and O–H groups in total. The van der Waals surface area contributed by atoms with E-state index in [4.69, 9.17) is 9.73 Å². The zero-order valence-electron chi connectivity index (χ0n) is 21.0. The lowest BCUT2D eigenvalue weighted by Crippen LogP contribution is -2.46. The minimum absolute atomic E-state index is 0. The molecule has 6 nitrogen and oxygen atoms in total. The van der Waals surface area contributed by atoms with Gasteiger partial charge in [-0.1, -0.05) is 36.8 Å². The van der Waals surface area contributed by atoms with Gasteiger partial charge in [-0.15, -0.1) is 24.0 Å². The Morgan fingerprint density at radius 1 is 1.03 bits per heavy atom. The van der Waals surface area contributed by atoms with E-state index in [0.717, 1.165) is 38.6 Å². The fraction of sp³-hybridized carbons (Fsp3) is 0.731. The number of piperazine rings is 1. The van der Waals surface area contributed by atoms with Crippen molar-refractivity contribution in [1.82, 2.24) is 20.4 Å². The van der Waals surface area contributed by atoms with Gasteiger partial charge in [-0.05, 0) is 58.2 Å². The largest absolute Gasteiger partial charge is 0.373 e. The molecule has 0 spiro atoms. The third-order valence-corrected chi connectivity index (χ3v) is 6.78. The number of ether oxygens (including phenoxy) is 1.